The van der Waals surface area contributed by atoms with Crippen LogP contribution in [0.1, 0.15) is 50.0 Å². The van der Waals surface area contributed by atoms with E-state index in [1.54, 1.807) is 62.0 Å². The molecular formula is C27H28F3NO4. The maximum Gasteiger partial charge on any atom is 0.416 e. The zero-order valence-corrected chi connectivity index (χ0v) is 20.1. The lowest BCUT2D eigenvalue weighted by molar-refractivity contribution is -0.163. The van der Waals surface area contributed by atoms with Crippen molar-refractivity contribution in [3.63, 3.8) is 0 Å². The Morgan fingerprint density at radius 2 is 1.86 bits per heavy atom. The summed E-state index contributed by atoms with van der Waals surface area (Å²) in [5, 5.41) is 10.1. The van der Waals surface area contributed by atoms with Crippen LogP contribution in [0.2, 0.25) is 0 Å². The van der Waals surface area contributed by atoms with Crippen LogP contribution in [-0.2, 0) is 29.2 Å². The zero-order chi connectivity index (χ0) is 25.5. The number of fused-ring (bicyclic) bond motifs is 1. The Kier molecular flexibility index (Phi) is 6.44. The van der Waals surface area contributed by atoms with Crippen molar-refractivity contribution in [1.82, 2.24) is 4.57 Å². The highest BCUT2D eigenvalue weighted by Crippen LogP contribution is 2.47. The molecule has 1 aliphatic rings. The van der Waals surface area contributed by atoms with Crippen molar-refractivity contribution in [2.75, 3.05) is 6.61 Å². The SMILES string of the molecule is Cn1ccc(-c2ccc(C(F)(F)F)c(C(OC(C)(C)C)C(=O)O)c2-c2ccc3c(c2)CCCO3)c1. The minimum absolute atomic E-state index is 0.191. The number of carboxylic acids is 1. The van der Waals surface area contributed by atoms with Gasteiger partial charge < -0.3 is 19.1 Å². The third-order valence-electron chi connectivity index (χ3n) is 5.85. The van der Waals surface area contributed by atoms with E-state index in [9.17, 15) is 23.1 Å². The van der Waals surface area contributed by atoms with Gasteiger partial charge in [-0.1, -0.05) is 12.1 Å². The lowest BCUT2D eigenvalue weighted by atomic mass is 9.84. The first-order valence-corrected chi connectivity index (χ1v) is 11.4. The van der Waals surface area contributed by atoms with E-state index >= 15 is 0 Å². The number of rotatable bonds is 5. The van der Waals surface area contributed by atoms with E-state index in [1.165, 1.54) is 6.07 Å². The summed E-state index contributed by atoms with van der Waals surface area (Å²) in [5.41, 5.74) is 0.278. The molecule has 0 fully saturated rings. The topological polar surface area (TPSA) is 60.7 Å². The van der Waals surface area contributed by atoms with Gasteiger partial charge in [0.2, 0.25) is 0 Å². The van der Waals surface area contributed by atoms with Gasteiger partial charge in [0.1, 0.15) is 5.75 Å². The van der Waals surface area contributed by atoms with E-state index in [0.29, 0.717) is 29.0 Å². The number of hydrogen-bond donors (Lipinski definition) is 1. The van der Waals surface area contributed by atoms with E-state index in [2.05, 4.69) is 0 Å². The number of aliphatic carboxylic acids is 1. The largest absolute Gasteiger partial charge is 0.493 e. The van der Waals surface area contributed by atoms with Crippen molar-refractivity contribution >= 4 is 5.97 Å². The Balaban J connectivity index is 2.09. The Hall–Kier alpha value is -3.26. The van der Waals surface area contributed by atoms with Crippen LogP contribution in [0.25, 0.3) is 22.3 Å². The van der Waals surface area contributed by atoms with Gasteiger partial charge in [0, 0.05) is 25.0 Å². The number of halogens is 3. The number of alkyl halides is 3. The average molecular weight is 488 g/mol. The summed E-state index contributed by atoms with van der Waals surface area (Å²) in [6.45, 7) is 5.43. The van der Waals surface area contributed by atoms with E-state index in [1.807, 2.05) is 7.05 Å². The number of nitrogens with zero attached hydrogens (tertiary/aromatic N) is 1. The van der Waals surface area contributed by atoms with E-state index in [0.717, 1.165) is 24.5 Å². The molecule has 1 atom stereocenters. The quantitative estimate of drug-likeness (QED) is 0.438. The van der Waals surface area contributed by atoms with Crippen LogP contribution in [0, 0.1) is 0 Å². The third-order valence-corrected chi connectivity index (χ3v) is 5.85. The molecule has 3 aromatic rings. The van der Waals surface area contributed by atoms with Crippen LogP contribution < -0.4 is 4.74 Å². The van der Waals surface area contributed by atoms with Gasteiger partial charge in [-0.05, 0) is 85.7 Å². The number of hydrogen-bond acceptors (Lipinski definition) is 3. The van der Waals surface area contributed by atoms with Gasteiger partial charge in [-0.3, -0.25) is 0 Å². The second kappa shape index (κ2) is 9.07. The summed E-state index contributed by atoms with van der Waals surface area (Å²) < 4.78 is 56.3. The Labute approximate surface area is 202 Å². The fraction of sp³-hybridized carbons (Fsp3) is 0.370. The number of aryl methyl sites for hydroxylation is 2. The molecule has 0 radical (unpaired) electrons. The average Bonchev–Trinajstić information content (AvgIpc) is 3.21. The predicted molar refractivity (Wildman–Crippen MR) is 126 cm³/mol. The lowest BCUT2D eigenvalue weighted by Gasteiger charge is -2.30. The molecule has 0 saturated carbocycles. The van der Waals surface area contributed by atoms with Crippen molar-refractivity contribution in [3.8, 4) is 28.0 Å². The predicted octanol–water partition coefficient (Wildman–Crippen LogP) is 6.64. The van der Waals surface area contributed by atoms with Gasteiger partial charge in [-0.15, -0.1) is 0 Å². The molecule has 186 valence electrons. The van der Waals surface area contributed by atoms with E-state index < -0.39 is 35.0 Å². The van der Waals surface area contributed by atoms with Crippen molar-refractivity contribution in [3.05, 3.63) is 65.5 Å². The third kappa shape index (κ3) is 5.22. The molecule has 1 unspecified atom stereocenters. The molecule has 2 aromatic carbocycles. The Morgan fingerprint density at radius 1 is 1.11 bits per heavy atom. The molecule has 2 heterocycles. The number of aromatic nitrogens is 1. The molecule has 1 aliphatic heterocycles. The second-order valence-corrected chi connectivity index (χ2v) is 9.74. The molecule has 4 rings (SSSR count). The van der Waals surface area contributed by atoms with Crippen LogP contribution >= 0.6 is 0 Å². The highest BCUT2D eigenvalue weighted by Gasteiger charge is 2.41. The molecule has 1 aromatic heterocycles. The summed E-state index contributed by atoms with van der Waals surface area (Å²) in [7, 11) is 1.81. The van der Waals surface area contributed by atoms with E-state index in [4.69, 9.17) is 9.47 Å². The molecule has 0 saturated heterocycles. The maximum absolute atomic E-state index is 14.3. The van der Waals surface area contributed by atoms with Gasteiger partial charge >= 0.3 is 12.1 Å². The van der Waals surface area contributed by atoms with Crippen LogP contribution in [0.5, 0.6) is 5.75 Å². The van der Waals surface area contributed by atoms with Gasteiger partial charge in [-0.25, -0.2) is 4.79 Å². The smallest absolute Gasteiger partial charge is 0.416 e. The first-order valence-electron chi connectivity index (χ1n) is 11.4. The molecule has 35 heavy (non-hydrogen) atoms. The normalized spacial score (nSPS) is 14.8. The van der Waals surface area contributed by atoms with Crippen molar-refractivity contribution < 1.29 is 32.5 Å². The van der Waals surface area contributed by atoms with Crippen molar-refractivity contribution in [2.24, 2.45) is 7.05 Å². The Morgan fingerprint density at radius 3 is 2.46 bits per heavy atom. The molecule has 8 heteroatoms. The van der Waals surface area contributed by atoms with Gasteiger partial charge in [0.05, 0.1) is 17.8 Å². The summed E-state index contributed by atoms with van der Waals surface area (Å²) >= 11 is 0. The number of ether oxygens (including phenoxy) is 2. The number of carboxylic acid groups (broad SMARTS) is 1. The highest BCUT2D eigenvalue weighted by molar-refractivity contribution is 5.91. The minimum Gasteiger partial charge on any atom is -0.493 e. The van der Waals surface area contributed by atoms with Crippen molar-refractivity contribution in [1.29, 1.82) is 0 Å². The fourth-order valence-corrected chi connectivity index (χ4v) is 4.46. The molecule has 1 N–H and O–H groups in total. The summed E-state index contributed by atoms with van der Waals surface area (Å²) in [4.78, 5) is 12.4. The summed E-state index contributed by atoms with van der Waals surface area (Å²) in [6.07, 6.45) is -1.53. The fourth-order valence-electron chi connectivity index (χ4n) is 4.46. The van der Waals surface area contributed by atoms with Gasteiger partial charge in [-0.2, -0.15) is 13.2 Å². The standard InChI is InChI=1S/C27H28F3NO4/c1-26(2,3)35-24(25(32)33)23-20(27(28,29)30)9-8-19(18-11-12-31(4)15-18)22(23)17-7-10-21-16(14-17)6-5-13-34-21/h7-12,14-15,24H,5-6,13H2,1-4H3,(H,32,33). The zero-order valence-electron chi connectivity index (χ0n) is 20.1. The van der Waals surface area contributed by atoms with Crippen molar-refractivity contribution in [2.45, 2.75) is 51.5 Å². The molecule has 0 amide bonds. The molecule has 5 nitrogen and oxygen atoms in total. The van der Waals surface area contributed by atoms with Gasteiger partial charge in [0.15, 0.2) is 6.10 Å². The first-order chi connectivity index (χ1) is 16.3. The second-order valence-electron chi connectivity index (χ2n) is 9.74. The highest BCUT2D eigenvalue weighted by atomic mass is 19.4. The maximum atomic E-state index is 14.3. The van der Waals surface area contributed by atoms with Gasteiger partial charge in [0.25, 0.3) is 0 Å². The number of carbonyl (C=O) groups is 1. The molecule has 0 spiro atoms. The van der Waals surface area contributed by atoms with Crippen LogP contribution in [0.4, 0.5) is 13.2 Å². The molecule has 0 aliphatic carbocycles. The first kappa shape index (κ1) is 24.9. The minimum atomic E-state index is -4.79. The van der Waals surface area contributed by atoms with E-state index in [-0.39, 0.29) is 5.56 Å². The van der Waals surface area contributed by atoms with Crippen LogP contribution in [0.3, 0.4) is 0 Å². The summed E-state index contributed by atoms with van der Waals surface area (Å²) in [6, 6.07) is 9.37. The van der Waals surface area contributed by atoms with Crippen LogP contribution in [0.15, 0.2) is 48.8 Å². The molecular weight excluding hydrogens is 459 g/mol. The Bertz CT molecular complexity index is 1250. The monoisotopic (exact) mass is 487 g/mol. The summed E-state index contributed by atoms with van der Waals surface area (Å²) in [5.74, 6) is -0.798. The number of benzene rings is 2. The lowest BCUT2D eigenvalue weighted by Crippen LogP contribution is -2.29. The van der Waals surface area contributed by atoms with Crippen LogP contribution in [-0.4, -0.2) is 27.9 Å². The molecule has 0 bridgehead atoms.